The molecule has 1 aromatic heterocycles. The van der Waals surface area contributed by atoms with Gasteiger partial charge in [0.25, 0.3) is 0 Å². The van der Waals surface area contributed by atoms with Gasteiger partial charge in [-0.05, 0) is 43.1 Å². The molecule has 2 saturated carbocycles. The van der Waals surface area contributed by atoms with Crippen molar-refractivity contribution in [1.82, 2.24) is 4.98 Å². The number of anilines is 1. The summed E-state index contributed by atoms with van der Waals surface area (Å²) in [5.74, 6) is 2.02. The summed E-state index contributed by atoms with van der Waals surface area (Å²) in [6, 6.07) is 1.44. The third-order valence-electron chi connectivity index (χ3n) is 4.86. The van der Waals surface area contributed by atoms with E-state index in [1.165, 1.54) is 37.9 Å². The Morgan fingerprint density at radius 3 is 2.90 bits per heavy atom. The van der Waals surface area contributed by atoms with Crippen LogP contribution in [0.2, 0.25) is 5.02 Å². The van der Waals surface area contributed by atoms with Gasteiger partial charge < -0.3 is 10.0 Å². The van der Waals surface area contributed by atoms with Crippen molar-refractivity contribution >= 4 is 23.4 Å². The molecule has 0 spiro atoms. The average Bonchev–Trinajstić information content (AvgIpc) is 3.00. The number of aromatic nitrogens is 1. The van der Waals surface area contributed by atoms with Gasteiger partial charge in [0.15, 0.2) is 0 Å². The smallest absolute Gasteiger partial charge is 0.337 e. The lowest BCUT2D eigenvalue weighted by molar-refractivity contribution is 0.0697. The number of hydrogen-bond acceptors (Lipinski definition) is 3. The van der Waals surface area contributed by atoms with Crippen LogP contribution in [-0.2, 0) is 0 Å². The van der Waals surface area contributed by atoms with Gasteiger partial charge in [0.1, 0.15) is 5.82 Å². The van der Waals surface area contributed by atoms with E-state index < -0.39 is 5.97 Å². The summed E-state index contributed by atoms with van der Waals surface area (Å²) in [6.07, 6.45) is 6.92. The zero-order valence-electron chi connectivity index (χ0n) is 11.6. The normalized spacial score (nSPS) is 27.8. The Labute approximate surface area is 123 Å². The molecule has 3 rings (SSSR count). The van der Waals surface area contributed by atoms with Crippen LogP contribution < -0.4 is 4.90 Å². The average molecular weight is 295 g/mol. The van der Waals surface area contributed by atoms with Crippen LogP contribution in [0.15, 0.2) is 12.3 Å². The first-order valence-corrected chi connectivity index (χ1v) is 7.53. The molecule has 1 heterocycles. The van der Waals surface area contributed by atoms with Crippen molar-refractivity contribution in [2.24, 2.45) is 17.8 Å². The summed E-state index contributed by atoms with van der Waals surface area (Å²) in [5.41, 5.74) is 0.122. The number of nitrogens with zero attached hydrogens (tertiary/aromatic N) is 2. The van der Waals surface area contributed by atoms with Crippen molar-refractivity contribution in [2.75, 3.05) is 18.5 Å². The first-order valence-electron chi connectivity index (χ1n) is 7.15. The van der Waals surface area contributed by atoms with Gasteiger partial charge >= 0.3 is 5.97 Å². The van der Waals surface area contributed by atoms with Crippen LogP contribution in [0.25, 0.3) is 0 Å². The highest BCUT2D eigenvalue weighted by Gasteiger charge is 2.39. The van der Waals surface area contributed by atoms with Gasteiger partial charge in [-0.1, -0.05) is 18.0 Å². The molecule has 4 nitrogen and oxygen atoms in total. The maximum absolute atomic E-state index is 11.1. The fraction of sp³-hybridized carbons (Fsp3) is 0.600. The minimum atomic E-state index is -1.01. The van der Waals surface area contributed by atoms with E-state index in [1.54, 1.807) is 0 Å². The number of rotatable bonds is 4. The fourth-order valence-electron chi connectivity index (χ4n) is 3.90. The number of fused-ring (bicyclic) bond motifs is 2. The quantitative estimate of drug-likeness (QED) is 0.925. The Kier molecular flexibility index (Phi) is 3.59. The number of aromatic carboxylic acids is 1. The number of hydrogen-bond donors (Lipinski definition) is 1. The maximum Gasteiger partial charge on any atom is 0.337 e. The Balaban J connectivity index is 1.75. The molecule has 2 bridgehead atoms. The molecular weight excluding hydrogens is 276 g/mol. The fourth-order valence-corrected chi connectivity index (χ4v) is 4.24. The van der Waals surface area contributed by atoms with Gasteiger partial charge in [0.2, 0.25) is 0 Å². The molecule has 0 saturated heterocycles. The highest BCUT2D eigenvalue weighted by molar-refractivity contribution is 6.35. The monoisotopic (exact) mass is 294 g/mol. The minimum Gasteiger partial charge on any atom is -0.478 e. The number of pyridine rings is 1. The summed E-state index contributed by atoms with van der Waals surface area (Å²) < 4.78 is 0. The molecular formula is C15H19ClN2O2. The van der Waals surface area contributed by atoms with Crippen LogP contribution in [0, 0.1) is 17.8 Å². The molecule has 0 aromatic carbocycles. The Morgan fingerprint density at radius 1 is 1.50 bits per heavy atom. The standard InChI is InChI=1S/C15H19ClN2O2/c1-18(8-11-7-9-2-3-10(11)6-9)14-13(16)12(15(19)20)4-5-17-14/h4-5,9-11H,2-3,6-8H2,1H3,(H,19,20). The lowest BCUT2D eigenvalue weighted by Gasteiger charge is -2.28. The molecule has 2 aliphatic carbocycles. The maximum atomic E-state index is 11.1. The van der Waals surface area contributed by atoms with Crippen LogP contribution in [0.3, 0.4) is 0 Å². The van der Waals surface area contributed by atoms with Crippen molar-refractivity contribution in [3.8, 4) is 0 Å². The predicted molar refractivity (Wildman–Crippen MR) is 78.4 cm³/mol. The van der Waals surface area contributed by atoms with Gasteiger partial charge in [-0.25, -0.2) is 9.78 Å². The molecule has 0 aliphatic heterocycles. The lowest BCUT2D eigenvalue weighted by atomic mass is 9.88. The van der Waals surface area contributed by atoms with Crippen LogP contribution >= 0.6 is 11.6 Å². The SMILES string of the molecule is CN(CC1CC2CCC1C2)c1nccc(C(=O)O)c1Cl. The molecule has 2 fully saturated rings. The summed E-state index contributed by atoms with van der Waals surface area (Å²) in [4.78, 5) is 17.4. The Hall–Kier alpha value is -1.29. The molecule has 5 heteroatoms. The van der Waals surface area contributed by atoms with Gasteiger partial charge in [-0.2, -0.15) is 0 Å². The second kappa shape index (κ2) is 5.24. The molecule has 3 unspecified atom stereocenters. The number of carboxylic acid groups (broad SMARTS) is 1. The van der Waals surface area contributed by atoms with E-state index in [4.69, 9.17) is 16.7 Å². The molecule has 1 N–H and O–H groups in total. The topological polar surface area (TPSA) is 53.4 Å². The van der Waals surface area contributed by atoms with Crippen LogP contribution in [0.5, 0.6) is 0 Å². The minimum absolute atomic E-state index is 0.122. The predicted octanol–water partition coefficient (Wildman–Crippen LogP) is 3.31. The van der Waals surface area contributed by atoms with Crippen molar-refractivity contribution in [3.63, 3.8) is 0 Å². The molecule has 20 heavy (non-hydrogen) atoms. The van der Waals surface area contributed by atoms with Gasteiger partial charge in [-0.15, -0.1) is 0 Å². The molecule has 3 atom stereocenters. The van der Waals surface area contributed by atoms with Crippen LogP contribution in [-0.4, -0.2) is 29.7 Å². The Bertz CT molecular complexity index is 535. The molecule has 108 valence electrons. The zero-order chi connectivity index (χ0) is 14.3. The zero-order valence-corrected chi connectivity index (χ0v) is 12.3. The van der Waals surface area contributed by atoms with Gasteiger partial charge in [0.05, 0.1) is 10.6 Å². The first kappa shape index (κ1) is 13.7. The summed E-state index contributed by atoms with van der Waals surface area (Å²) >= 11 is 6.18. The highest BCUT2D eigenvalue weighted by atomic mass is 35.5. The van der Waals surface area contributed by atoms with Gasteiger partial charge in [0, 0.05) is 19.8 Å². The van der Waals surface area contributed by atoms with Crippen LogP contribution in [0.1, 0.15) is 36.0 Å². The van der Waals surface area contributed by atoms with Crippen LogP contribution in [0.4, 0.5) is 5.82 Å². The second-order valence-corrected chi connectivity index (χ2v) is 6.49. The van der Waals surface area contributed by atoms with E-state index in [9.17, 15) is 4.79 Å². The number of halogens is 1. The van der Waals surface area contributed by atoms with E-state index >= 15 is 0 Å². The third kappa shape index (κ3) is 2.37. The molecule has 0 amide bonds. The van der Waals surface area contributed by atoms with E-state index in [0.717, 1.165) is 18.4 Å². The highest BCUT2D eigenvalue weighted by Crippen LogP contribution is 2.48. The van der Waals surface area contributed by atoms with E-state index in [1.807, 2.05) is 11.9 Å². The molecule has 1 aromatic rings. The summed E-state index contributed by atoms with van der Waals surface area (Å²) in [7, 11) is 1.95. The Morgan fingerprint density at radius 2 is 2.30 bits per heavy atom. The summed E-state index contributed by atoms with van der Waals surface area (Å²) in [5, 5.41) is 9.35. The van der Waals surface area contributed by atoms with Gasteiger partial charge in [-0.3, -0.25) is 0 Å². The molecule has 2 aliphatic rings. The largest absolute Gasteiger partial charge is 0.478 e. The third-order valence-corrected chi connectivity index (χ3v) is 5.23. The summed E-state index contributed by atoms with van der Waals surface area (Å²) in [6.45, 7) is 0.914. The number of carboxylic acids is 1. The lowest BCUT2D eigenvalue weighted by Crippen LogP contribution is -2.29. The van der Waals surface area contributed by atoms with E-state index in [0.29, 0.717) is 11.7 Å². The van der Waals surface area contributed by atoms with Crippen molar-refractivity contribution in [1.29, 1.82) is 0 Å². The first-order chi connectivity index (χ1) is 9.56. The second-order valence-electron chi connectivity index (χ2n) is 6.12. The van der Waals surface area contributed by atoms with E-state index in [2.05, 4.69) is 4.98 Å². The van der Waals surface area contributed by atoms with Crippen molar-refractivity contribution < 1.29 is 9.90 Å². The number of carbonyl (C=O) groups is 1. The molecule has 0 radical (unpaired) electrons. The van der Waals surface area contributed by atoms with Crippen molar-refractivity contribution in [3.05, 3.63) is 22.8 Å². The van der Waals surface area contributed by atoms with Crippen molar-refractivity contribution in [2.45, 2.75) is 25.7 Å². The van der Waals surface area contributed by atoms with E-state index in [-0.39, 0.29) is 10.6 Å².